The summed E-state index contributed by atoms with van der Waals surface area (Å²) in [6, 6.07) is 31.0. The molecule has 0 spiro atoms. The maximum atomic E-state index is 10.7. The molecule has 4 aromatic rings. The summed E-state index contributed by atoms with van der Waals surface area (Å²) in [5.41, 5.74) is 3.41. The van der Waals surface area contributed by atoms with Crippen molar-refractivity contribution in [1.82, 2.24) is 14.8 Å². The Balaban J connectivity index is 1.17. The van der Waals surface area contributed by atoms with Crippen LogP contribution in [0.2, 0.25) is 5.15 Å². The number of aromatic nitrogens is 1. The maximum absolute atomic E-state index is 10.7. The number of hydrogen-bond acceptors (Lipinski definition) is 5. The summed E-state index contributed by atoms with van der Waals surface area (Å²) in [7, 11) is 0. The van der Waals surface area contributed by atoms with E-state index in [0.717, 1.165) is 37.1 Å². The molecule has 0 radical (unpaired) electrons. The first kappa shape index (κ1) is 23.8. The molecular formula is C29H30ClN3O2. The van der Waals surface area contributed by atoms with Crippen LogP contribution in [0.25, 0.3) is 10.9 Å². The molecule has 2 heterocycles. The van der Waals surface area contributed by atoms with E-state index in [1.807, 2.05) is 24.3 Å². The molecule has 0 amide bonds. The zero-order valence-corrected chi connectivity index (χ0v) is 20.4. The van der Waals surface area contributed by atoms with Crippen LogP contribution in [0.5, 0.6) is 5.75 Å². The zero-order valence-electron chi connectivity index (χ0n) is 19.6. The van der Waals surface area contributed by atoms with Crippen molar-refractivity contribution < 1.29 is 9.84 Å². The van der Waals surface area contributed by atoms with E-state index in [2.05, 4.69) is 75.4 Å². The molecular weight excluding hydrogens is 458 g/mol. The predicted octanol–water partition coefficient (Wildman–Crippen LogP) is 5.04. The van der Waals surface area contributed by atoms with Crippen molar-refractivity contribution in [3.05, 3.63) is 107 Å². The Hall–Kier alpha value is -2.96. The normalized spacial score (nSPS) is 16.0. The highest BCUT2D eigenvalue weighted by molar-refractivity contribution is 6.29. The number of nitrogens with zero attached hydrogens (tertiary/aromatic N) is 3. The standard InChI is InChI=1S/C29H30ClN3O2/c30-28-15-14-25-26(31-28)12-7-13-27(25)35-21-24(34)20-32-16-18-33(19-17-32)29(22-8-3-1-4-9-22)23-10-5-2-6-11-23/h1-15,24,29,34H,16-21H2. The molecule has 0 saturated carbocycles. The predicted molar refractivity (Wildman–Crippen MR) is 141 cm³/mol. The van der Waals surface area contributed by atoms with Crippen molar-refractivity contribution >= 4 is 22.5 Å². The molecule has 5 nitrogen and oxygen atoms in total. The lowest BCUT2D eigenvalue weighted by Gasteiger charge is -2.40. The van der Waals surface area contributed by atoms with Gasteiger partial charge in [-0.05, 0) is 35.4 Å². The molecule has 1 fully saturated rings. The van der Waals surface area contributed by atoms with Crippen molar-refractivity contribution in [1.29, 1.82) is 0 Å². The quantitative estimate of drug-likeness (QED) is 0.353. The average molecular weight is 488 g/mol. The third-order valence-corrected chi connectivity index (χ3v) is 6.77. The summed E-state index contributed by atoms with van der Waals surface area (Å²) in [5.74, 6) is 0.712. The van der Waals surface area contributed by atoms with E-state index < -0.39 is 6.10 Å². The first-order valence-electron chi connectivity index (χ1n) is 12.1. The molecule has 6 heteroatoms. The van der Waals surface area contributed by atoms with Crippen LogP contribution < -0.4 is 4.74 Å². The number of β-amino-alcohol motifs (C(OH)–C–C–N with tert-alkyl or cyclic N) is 1. The lowest BCUT2D eigenvalue weighted by atomic mass is 9.96. The summed E-state index contributed by atoms with van der Waals surface area (Å²) in [6.07, 6.45) is -0.573. The molecule has 1 atom stereocenters. The highest BCUT2D eigenvalue weighted by Crippen LogP contribution is 2.30. The lowest BCUT2D eigenvalue weighted by molar-refractivity contribution is 0.0404. The molecule has 5 rings (SSSR count). The summed E-state index contributed by atoms with van der Waals surface area (Å²) < 4.78 is 5.97. The van der Waals surface area contributed by atoms with Gasteiger partial charge < -0.3 is 9.84 Å². The van der Waals surface area contributed by atoms with Crippen LogP contribution in [-0.2, 0) is 0 Å². The molecule has 1 aliphatic rings. The van der Waals surface area contributed by atoms with Gasteiger partial charge in [0.1, 0.15) is 23.6 Å². The van der Waals surface area contributed by atoms with Gasteiger partial charge in [0, 0.05) is 38.1 Å². The molecule has 180 valence electrons. The van der Waals surface area contributed by atoms with Gasteiger partial charge in [0.05, 0.1) is 11.6 Å². The highest BCUT2D eigenvalue weighted by Gasteiger charge is 2.27. The van der Waals surface area contributed by atoms with Crippen LogP contribution in [-0.4, -0.2) is 65.3 Å². The van der Waals surface area contributed by atoms with E-state index >= 15 is 0 Å². The molecule has 0 aliphatic carbocycles. The molecule has 3 aromatic carbocycles. The molecule has 0 bridgehead atoms. The Morgan fingerprint density at radius 2 is 1.46 bits per heavy atom. The van der Waals surface area contributed by atoms with Gasteiger partial charge in [0.2, 0.25) is 0 Å². The Kier molecular flexibility index (Phi) is 7.60. The number of pyridine rings is 1. The molecule has 1 N–H and O–H groups in total. The van der Waals surface area contributed by atoms with Crippen LogP contribution in [0.3, 0.4) is 0 Å². The first-order chi connectivity index (χ1) is 17.2. The van der Waals surface area contributed by atoms with Gasteiger partial charge in [-0.2, -0.15) is 0 Å². The largest absolute Gasteiger partial charge is 0.490 e. The number of benzene rings is 3. The number of aliphatic hydroxyl groups excluding tert-OH is 1. The van der Waals surface area contributed by atoms with E-state index in [9.17, 15) is 5.11 Å². The number of rotatable bonds is 8. The summed E-state index contributed by atoms with van der Waals surface area (Å²) in [4.78, 5) is 9.19. The van der Waals surface area contributed by atoms with Crippen molar-refractivity contribution in [3.8, 4) is 5.75 Å². The number of piperazine rings is 1. The van der Waals surface area contributed by atoms with Crippen molar-refractivity contribution in [2.24, 2.45) is 0 Å². The number of halogens is 1. The second-order valence-electron chi connectivity index (χ2n) is 8.98. The van der Waals surface area contributed by atoms with Crippen LogP contribution >= 0.6 is 11.6 Å². The van der Waals surface area contributed by atoms with Crippen molar-refractivity contribution in [3.63, 3.8) is 0 Å². The summed E-state index contributed by atoms with van der Waals surface area (Å²) in [6.45, 7) is 4.52. The van der Waals surface area contributed by atoms with E-state index in [1.165, 1.54) is 11.1 Å². The van der Waals surface area contributed by atoms with Gasteiger partial charge in [-0.1, -0.05) is 78.3 Å². The monoisotopic (exact) mass is 487 g/mol. The minimum absolute atomic E-state index is 0.235. The Morgan fingerprint density at radius 1 is 0.800 bits per heavy atom. The minimum Gasteiger partial charge on any atom is -0.490 e. The van der Waals surface area contributed by atoms with Gasteiger partial charge in [0.15, 0.2) is 0 Å². The van der Waals surface area contributed by atoms with Gasteiger partial charge in [-0.15, -0.1) is 0 Å². The average Bonchev–Trinajstić information content (AvgIpc) is 2.90. The molecule has 1 aromatic heterocycles. The Morgan fingerprint density at radius 3 is 2.11 bits per heavy atom. The number of ether oxygens (including phenoxy) is 1. The van der Waals surface area contributed by atoms with Gasteiger partial charge in [0.25, 0.3) is 0 Å². The first-order valence-corrected chi connectivity index (χ1v) is 12.5. The van der Waals surface area contributed by atoms with Crippen molar-refractivity contribution in [2.75, 3.05) is 39.3 Å². The lowest BCUT2D eigenvalue weighted by Crippen LogP contribution is -2.50. The smallest absolute Gasteiger partial charge is 0.129 e. The SMILES string of the molecule is OC(COc1cccc2nc(Cl)ccc12)CN1CCN(C(c2ccccc2)c2ccccc2)CC1. The number of aliphatic hydroxyl groups is 1. The third-order valence-electron chi connectivity index (χ3n) is 6.56. The van der Waals surface area contributed by atoms with Gasteiger partial charge in [-0.25, -0.2) is 4.98 Å². The molecule has 1 unspecified atom stereocenters. The van der Waals surface area contributed by atoms with Crippen LogP contribution in [0.1, 0.15) is 17.2 Å². The van der Waals surface area contributed by atoms with E-state index in [1.54, 1.807) is 6.07 Å². The Bertz CT molecular complexity index is 1190. The maximum Gasteiger partial charge on any atom is 0.129 e. The summed E-state index contributed by atoms with van der Waals surface area (Å²) in [5, 5.41) is 12.0. The minimum atomic E-state index is -0.573. The van der Waals surface area contributed by atoms with E-state index in [4.69, 9.17) is 16.3 Å². The van der Waals surface area contributed by atoms with Crippen LogP contribution in [0.15, 0.2) is 91.0 Å². The topological polar surface area (TPSA) is 48.8 Å². The van der Waals surface area contributed by atoms with Crippen LogP contribution in [0.4, 0.5) is 0 Å². The second kappa shape index (κ2) is 11.2. The summed E-state index contributed by atoms with van der Waals surface area (Å²) >= 11 is 6.01. The fourth-order valence-corrected chi connectivity index (χ4v) is 5.01. The van der Waals surface area contributed by atoms with Gasteiger partial charge >= 0.3 is 0 Å². The molecule has 1 saturated heterocycles. The van der Waals surface area contributed by atoms with Crippen LogP contribution in [0, 0.1) is 0 Å². The van der Waals surface area contributed by atoms with E-state index in [-0.39, 0.29) is 12.6 Å². The number of hydrogen-bond donors (Lipinski definition) is 1. The Labute approximate surface area is 211 Å². The zero-order chi connectivity index (χ0) is 24.0. The fraction of sp³-hybridized carbons (Fsp3) is 0.276. The molecule has 1 aliphatic heterocycles. The third kappa shape index (κ3) is 5.82. The van der Waals surface area contributed by atoms with E-state index in [0.29, 0.717) is 17.4 Å². The van der Waals surface area contributed by atoms with Gasteiger partial charge in [-0.3, -0.25) is 9.80 Å². The second-order valence-corrected chi connectivity index (χ2v) is 9.37. The number of fused-ring (bicyclic) bond motifs is 1. The van der Waals surface area contributed by atoms with Crippen molar-refractivity contribution in [2.45, 2.75) is 12.1 Å². The fourth-order valence-electron chi connectivity index (χ4n) is 4.85. The highest BCUT2D eigenvalue weighted by atomic mass is 35.5. The molecule has 35 heavy (non-hydrogen) atoms.